The summed E-state index contributed by atoms with van der Waals surface area (Å²) in [5.41, 5.74) is 1.39. The van der Waals surface area contributed by atoms with E-state index in [1.54, 1.807) is 0 Å². The molecule has 0 fully saturated rings. The predicted octanol–water partition coefficient (Wildman–Crippen LogP) is 2.93. The van der Waals surface area contributed by atoms with E-state index >= 15 is 0 Å². The van der Waals surface area contributed by atoms with Crippen molar-refractivity contribution in [2.45, 2.75) is 47.1 Å². The van der Waals surface area contributed by atoms with Gasteiger partial charge in [-0.2, -0.15) is 0 Å². The van der Waals surface area contributed by atoms with Gasteiger partial charge in [-0.25, -0.2) is 0 Å². The van der Waals surface area contributed by atoms with Crippen LogP contribution in [0.3, 0.4) is 0 Å². The second-order valence-corrected chi connectivity index (χ2v) is 5.10. The van der Waals surface area contributed by atoms with Crippen LogP contribution in [-0.4, -0.2) is 5.54 Å². The quantitative estimate of drug-likeness (QED) is 0.614. The van der Waals surface area contributed by atoms with Gasteiger partial charge in [0.15, 0.2) is 0 Å². The Labute approximate surface area is 70.9 Å². The molecule has 1 nitrogen and oxygen atoms in total. The molecule has 0 bridgehead atoms. The fourth-order valence-corrected chi connectivity index (χ4v) is 0.640. The van der Waals surface area contributed by atoms with Gasteiger partial charge in [0.05, 0.1) is 0 Å². The first-order valence-corrected chi connectivity index (χ1v) is 4.10. The average molecular weight is 155 g/mol. The summed E-state index contributed by atoms with van der Waals surface area (Å²) in [6.07, 6.45) is 0. The second-order valence-electron chi connectivity index (χ2n) is 5.10. The second kappa shape index (κ2) is 2.88. The lowest BCUT2D eigenvalue weighted by Crippen LogP contribution is -2.38. The van der Waals surface area contributed by atoms with Gasteiger partial charge in [0, 0.05) is 16.7 Å². The van der Waals surface area contributed by atoms with E-state index < -0.39 is 0 Å². The fraction of sp³-hybridized carbons (Fsp3) is 0.800. The number of hydrogen-bond acceptors (Lipinski definition) is 1. The van der Waals surface area contributed by atoms with Crippen LogP contribution in [0.1, 0.15) is 41.5 Å². The summed E-state index contributed by atoms with van der Waals surface area (Å²) in [5.74, 6) is 0. The number of rotatable bonds is 1. The van der Waals surface area contributed by atoms with E-state index in [2.05, 4.69) is 53.4 Å². The Kier molecular flexibility index (Phi) is 2.76. The highest BCUT2D eigenvalue weighted by Crippen LogP contribution is 2.22. The van der Waals surface area contributed by atoms with Gasteiger partial charge in [-0.1, -0.05) is 27.4 Å². The van der Waals surface area contributed by atoms with Gasteiger partial charge < -0.3 is 5.32 Å². The highest BCUT2D eigenvalue weighted by Gasteiger charge is 2.19. The molecule has 0 rings (SSSR count). The van der Waals surface area contributed by atoms with Crippen molar-refractivity contribution in [3.8, 4) is 0 Å². The molecule has 0 unspecified atom stereocenters. The summed E-state index contributed by atoms with van der Waals surface area (Å²) >= 11 is 0. The standard InChI is InChI=1S/C10H21N/c1-8(9(2,3)4)11-10(5,6)7/h11H,1H2,2-7H3. The summed E-state index contributed by atoms with van der Waals surface area (Å²) in [6, 6.07) is 0. The Hall–Kier alpha value is -0.460. The first-order valence-electron chi connectivity index (χ1n) is 4.10. The molecule has 0 atom stereocenters. The van der Waals surface area contributed by atoms with E-state index in [-0.39, 0.29) is 11.0 Å². The van der Waals surface area contributed by atoms with Gasteiger partial charge in [-0.3, -0.25) is 0 Å². The molecule has 0 heterocycles. The zero-order valence-electron chi connectivity index (χ0n) is 8.71. The summed E-state index contributed by atoms with van der Waals surface area (Å²) in [4.78, 5) is 0. The van der Waals surface area contributed by atoms with Crippen LogP contribution in [0, 0.1) is 5.41 Å². The molecule has 1 N–H and O–H groups in total. The topological polar surface area (TPSA) is 12.0 Å². The molecule has 0 radical (unpaired) electrons. The van der Waals surface area contributed by atoms with E-state index in [4.69, 9.17) is 0 Å². The Morgan fingerprint density at radius 1 is 1.00 bits per heavy atom. The molecule has 0 amide bonds. The zero-order chi connectivity index (χ0) is 9.28. The van der Waals surface area contributed by atoms with Crippen LogP contribution in [0.4, 0.5) is 0 Å². The molecule has 0 aromatic carbocycles. The van der Waals surface area contributed by atoms with Gasteiger partial charge in [0.1, 0.15) is 0 Å². The Balaban J connectivity index is 4.11. The molecule has 1 heteroatoms. The molecule has 0 aliphatic rings. The minimum absolute atomic E-state index is 0.129. The van der Waals surface area contributed by atoms with Crippen LogP contribution in [-0.2, 0) is 0 Å². The monoisotopic (exact) mass is 155 g/mol. The van der Waals surface area contributed by atoms with E-state index in [1.165, 1.54) is 0 Å². The maximum Gasteiger partial charge on any atom is 0.0286 e. The highest BCUT2D eigenvalue weighted by atomic mass is 15.0. The van der Waals surface area contributed by atoms with E-state index in [9.17, 15) is 0 Å². The molecule has 11 heavy (non-hydrogen) atoms. The highest BCUT2D eigenvalue weighted by molar-refractivity contribution is 5.05. The first-order chi connectivity index (χ1) is 4.63. The maximum absolute atomic E-state index is 4.00. The molecular weight excluding hydrogens is 134 g/mol. The largest absolute Gasteiger partial charge is 0.384 e. The van der Waals surface area contributed by atoms with Crippen molar-refractivity contribution >= 4 is 0 Å². The smallest absolute Gasteiger partial charge is 0.0286 e. The Morgan fingerprint density at radius 3 is 1.45 bits per heavy atom. The first kappa shape index (κ1) is 10.5. The summed E-state index contributed by atoms with van der Waals surface area (Å²) < 4.78 is 0. The summed E-state index contributed by atoms with van der Waals surface area (Å²) in [5, 5.41) is 3.36. The van der Waals surface area contributed by atoms with Gasteiger partial charge in [-0.05, 0) is 20.8 Å². The van der Waals surface area contributed by atoms with Crippen LogP contribution in [0.25, 0.3) is 0 Å². The number of hydrogen-bond donors (Lipinski definition) is 1. The molecule has 0 aliphatic carbocycles. The third kappa shape index (κ3) is 4.88. The van der Waals surface area contributed by atoms with Crippen molar-refractivity contribution in [1.29, 1.82) is 0 Å². The average Bonchev–Trinajstić information content (AvgIpc) is 1.56. The molecule has 66 valence electrons. The van der Waals surface area contributed by atoms with E-state index in [1.807, 2.05) is 0 Å². The Bertz CT molecular complexity index is 143. The minimum atomic E-state index is 0.129. The lowest BCUT2D eigenvalue weighted by molar-refractivity contribution is 0.384. The molecule has 0 saturated carbocycles. The van der Waals surface area contributed by atoms with Gasteiger partial charge in [0.2, 0.25) is 0 Å². The van der Waals surface area contributed by atoms with Crippen molar-refractivity contribution < 1.29 is 0 Å². The summed E-state index contributed by atoms with van der Waals surface area (Å²) in [7, 11) is 0. The molecule has 0 aliphatic heterocycles. The molecule has 0 aromatic rings. The minimum Gasteiger partial charge on any atom is -0.384 e. The summed E-state index contributed by atoms with van der Waals surface area (Å²) in [6.45, 7) is 16.9. The van der Waals surface area contributed by atoms with Gasteiger partial charge in [-0.15, -0.1) is 0 Å². The van der Waals surface area contributed by atoms with Crippen molar-refractivity contribution in [1.82, 2.24) is 5.32 Å². The van der Waals surface area contributed by atoms with E-state index in [0.717, 1.165) is 5.70 Å². The van der Waals surface area contributed by atoms with Crippen LogP contribution in [0.15, 0.2) is 12.3 Å². The predicted molar refractivity (Wildman–Crippen MR) is 51.5 cm³/mol. The normalized spacial score (nSPS) is 12.9. The van der Waals surface area contributed by atoms with Crippen molar-refractivity contribution in [2.24, 2.45) is 5.41 Å². The zero-order valence-corrected chi connectivity index (χ0v) is 8.71. The molecular formula is C10H21N. The van der Waals surface area contributed by atoms with Crippen molar-refractivity contribution in [3.63, 3.8) is 0 Å². The van der Waals surface area contributed by atoms with Gasteiger partial charge in [0.25, 0.3) is 0 Å². The lowest BCUT2D eigenvalue weighted by Gasteiger charge is -2.31. The van der Waals surface area contributed by atoms with Crippen LogP contribution in [0.2, 0.25) is 0 Å². The van der Waals surface area contributed by atoms with Crippen molar-refractivity contribution in [3.05, 3.63) is 12.3 Å². The lowest BCUT2D eigenvalue weighted by atomic mass is 9.91. The van der Waals surface area contributed by atoms with Gasteiger partial charge >= 0.3 is 0 Å². The van der Waals surface area contributed by atoms with E-state index in [0.29, 0.717) is 0 Å². The molecule has 0 spiro atoms. The number of allylic oxidation sites excluding steroid dienone is 1. The third-order valence-electron chi connectivity index (χ3n) is 1.43. The SMILES string of the molecule is C=C(NC(C)(C)C)C(C)(C)C. The van der Waals surface area contributed by atoms with Crippen molar-refractivity contribution in [2.75, 3.05) is 0 Å². The van der Waals surface area contributed by atoms with Crippen LogP contribution >= 0.6 is 0 Å². The number of nitrogens with one attached hydrogen (secondary N) is 1. The van der Waals surface area contributed by atoms with Crippen LogP contribution in [0.5, 0.6) is 0 Å². The molecule has 0 saturated heterocycles. The fourth-order valence-electron chi connectivity index (χ4n) is 0.640. The maximum atomic E-state index is 4.00. The third-order valence-corrected chi connectivity index (χ3v) is 1.43. The molecule has 0 aromatic heterocycles. The Morgan fingerprint density at radius 2 is 1.36 bits per heavy atom. The van der Waals surface area contributed by atoms with Crippen LogP contribution < -0.4 is 5.32 Å².